The number of amides is 1. The molecule has 1 aliphatic rings. The Hall–Kier alpha value is -2.97. The number of fused-ring (bicyclic) bond motifs is 1. The predicted octanol–water partition coefficient (Wildman–Crippen LogP) is 5.12. The third kappa shape index (κ3) is 4.45. The van der Waals surface area contributed by atoms with Crippen molar-refractivity contribution in [3.8, 4) is 5.69 Å². The first kappa shape index (κ1) is 21.9. The molecule has 5 rings (SSSR count). The highest BCUT2D eigenvalue weighted by atomic mass is 35.5. The molecule has 2 aromatic heterocycles. The van der Waals surface area contributed by atoms with Gasteiger partial charge in [-0.3, -0.25) is 4.79 Å². The van der Waals surface area contributed by atoms with E-state index in [0.29, 0.717) is 18.1 Å². The van der Waals surface area contributed by atoms with Crippen molar-refractivity contribution in [1.29, 1.82) is 0 Å². The summed E-state index contributed by atoms with van der Waals surface area (Å²) in [4.78, 5) is 19.9. The average Bonchev–Trinajstić information content (AvgIpc) is 3.40. The van der Waals surface area contributed by atoms with Gasteiger partial charge in [0.2, 0.25) is 5.91 Å². The number of nitrogens with one attached hydrogen (secondary N) is 1. The highest BCUT2D eigenvalue weighted by molar-refractivity contribution is 7.22. The summed E-state index contributed by atoms with van der Waals surface area (Å²) in [6.07, 6.45) is 1.77. The number of carbonyl (C=O) groups excluding carboxylic acids is 1. The molecule has 6 nitrogen and oxygen atoms in total. The summed E-state index contributed by atoms with van der Waals surface area (Å²) in [6.45, 7) is 3.84. The summed E-state index contributed by atoms with van der Waals surface area (Å²) in [5, 5.41) is 9.16. The molecule has 9 heteroatoms. The van der Waals surface area contributed by atoms with Gasteiger partial charge in [0.1, 0.15) is 5.82 Å². The van der Waals surface area contributed by atoms with Crippen molar-refractivity contribution in [2.75, 3.05) is 18.0 Å². The number of aromatic nitrogens is 3. The number of piperidine rings is 1. The number of rotatable bonds is 5. The maximum atomic E-state index is 13.4. The van der Waals surface area contributed by atoms with Gasteiger partial charge >= 0.3 is 0 Å². The van der Waals surface area contributed by atoms with E-state index in [-0.39, 0.29) is 17.6 Å². The molecule has 2 aromatic carbocycles. The van der Waals surface area contributed by atoms with Crippen LogP contribution >= 0.6 is 22.9 Å². The minimum atomic E-state index is -0.287. The van der Waals surface area contributed by atoms with E-state index in [4.69, 9.17) is 16.6 Å². The van der Waals surface area contributed by atoms with Gasteiger partial charge in [-0.15, -0.1) is 0 Å². The molecular formula is C24H23ClFN5OS. The summed E-state index contributed by atoms with van der Waals surface area (Å²) >= 11 is 7.79. The lowest BCUT2D eigenvalue weighted by atomic mass is 9.97. The second kappa shape index (κ2) is 9.11. The van der Waals surface area contributed by atoms with Gasteiger partial charge in [-0.1, -0.05) is 41.1 Å². The number of thiazole rings is 1. The van der Waals surface area contributed by atoms with Crippen LogP contribution in [0.25, 0.3) is 16.0 Å². The van der Waals surface area contributed by atoms with Crippen LogP contribution in [0.4, 0.5) is 9.52 Å². The van der Waals surface area contributed by atoms with Crippen molar-refractivity contribution < 1.29 is 9.18 Å². The van der Waals surface area contributed by atoms with E-state index < -0.39 is 0 Å². The summed E-state index contributed by atoms with van der Waals surface area (Å²) in [5.41, 5.74) is 3.31. The number of aryl methyl sites for hydroxylation is 1. The highest BCUT2D eigenvalue weighted by Gasteiger charge is 2.28. The van der Waals surface area contributed by atoms with Crippen LogP contribution in [0.1, 0.15) is 24.1 Å². The van der Waals surface area contributed by atoms with Crippen molar-refractivity contribution in [1.82, 2.24) is 20.1 Å². The van der Waals surface area contributed by atoms with Gasteiger partial charge in [-0.05, 0) is 55.7 Å². The molecule has 33 heavy (non-hydrogen) atoms. The minimum absolute atomic E-state index is 0.0365. The fourth-order valence-electron chi connectivity index (χ4n) is 4.15. The maximum absolute atomic E-state index is 13.4. The van der Waals surface area contributed by atoms with Crippen LogP contribution in [0.2, 0.25) is 5.02 Å². The minimum Gasteiger partial charge on any atom is -0.352 e. The molecule has 1 fully saturated rings. The second-order valence-corrected chi connectivity index (χ2v) is 9.60. The number of carbonyl (C=O) groups is 1. The lowest BCUT2D eigenvalue weighted by Gasteiger charge is -2.31. The van der Waals surface area contributed by atoms with E-state index in [1.54, 1.807) is 28.2 Å². The third-order valence-corrected chi connectivity index (χ3v) is 7.50. The largest absolute Gasteiger partial charge is 0.352 e. The van der Waals surface area contributed by atoms with E-state index in [1.807, 2.05) is 31.2 Å². The number of hydrogen-bond acceptors (Lipinski definition) is 5. The lowest BCUT2D eigenvalue weighted by Crippen LogP contribution is -2.43. The molecule has 4 aromatic rings. The standard InChI is InChI=1S/C24H23ClFN5OS/c1-15-21-22(31(29-15)19-10-8-18(26)9-11-19)28-24(33-21)30-12-4-6-17(14-30)23(32)27-13-16-5-2-3-7-20(16)25/h2-3,5,7-11,17H,4,6,12-14H2,1H3,(H,27,32). The van der Waals surface area contributed by atoms with Gasteiger partial charge in [0, 0.05) is 24.7 Å². The van der Waals surface area contributed by atoms with E-state index in [0.717, 1.165) is 51.8 Å². The number of halogens is 2. The van der Waals surface area contributed by atoms with Crippen molar-refractivity contribution >= 4 is 44.3 Å². The normalized spacial score (nSPS) is 16.3. The van der Waals surface area contributed by atoms with E-state index in [1.165, 1.54) is 12.1 Å². The first-order valence-electron chi connectivity index (χ1n) is 10.9. The van der Waals surface area contributed by atoms with Crippen LogP contribution in [-0.4, -0.2) is 33.8 Å². The van der Waals surface area contributed by atoms with Gasteiger partial charge in [0.05, 0.1) is 22.0 Å². The van der Waals surface area contributed by atoms with Crippen molar-refractivity contribution in [2.45, 2.75) is 26.3 Å². The van der Waals surface area contributed by atoms with Crippen molar-refractivity contribution in [3.63, 3.8) is 0 Å². The van der Waals surface area contributed by atoms with Gasteiger partial charge in [-0.2, -0.15) is 10.1 Å². The Morgan fingerprint density at radius 3 is 2.82 bits per heavy atom. The number of nitrogens with zero attached hydrogens (tertiary/aromatic N) is 4. The smallest absolute Gasteiger partial charge is 0.225 e. The molecule has 1 aliphatic heterocycles. The first-order chi connectivity index (χ1) is 16.0. The topological polar surface area (TPSA) is 63.1 Å². The van der Waals surface area contributed by atoms with Gasteiger partial charge < -0.3 is 10.2 Å². The Bertz CT molecular complexity index is 1300. The summed E-state index contributed by atoms with van der Waals surface area (Å²) in [7, 11) is 0. The molecule has 1 saturated heterocycles. The Kier molecular flexibility index (Phi) is 6.03. The molecule has 1 unspecified atom stereocenters. The number of hydrogen-bond donors (Lipinski definition) is 1. The maximum Gasteiger partial charge on any atom is 0.225 e. The van der Waals surface area contributed by atoms with Crippen LogP contribution < -0.4 is 10.2 Å². The van der Waals surface area contributed by atoms with Crippen LogP contribution in [-0.2, 0) is 11.3 Å². The molecule has 0 aliphatic carbocycles. The summed E-state index contributed by atoms with van der Waals surface area (Å²) < 4.78 is 16.1. The first-order valence-corrected chi connectivity index (χ1v) is 12.1. The fraction of sp³-hybridized carbons (Fsp3) is 0.292. The Morgan fingerprint density at radius 2 is 2.03 bits per heavy atom. The van der Waals surface area contributed by atoms with Gasteiger partial charge in [0.25, 0.3) is 0 Å². The number of benzene rings is 2. The SMILES string of the molecule is Cc1nn(-c2ccc(F)cc2)c2nc(N3CCCC(C(=O)NCc4ccccc4Cl)C3)sc12. The molecule has 0 bridgehead atoms. The summed E-state index contributed by atoms with van der Waals surface area (Å²) in [6, 6.07) is 13.8. The van der Waals surface area contributed by atoms with Crippen molar-refractivity contribution in [3.05, 3.63) is 70.6 Å². The predicted molar refractivity (Wildman–Crippen MR) is 130 cm³/mol. The van der Waals surface area contributed by atoms with Crippen molar-refractivity contribution in [2.24, 2.45) is 5.92 Å². The Balaban J connectivity index is 1.32. The Labute approximate surface area is 200 Å². The molecule has 0 spiro atoms. The third-order valence-electron chi connectivity index (χ3n) is 5.92. The van der Waals surface area contributed by atoms with Crippen LogP contribution in [0.3, 0.4) is 0 Å². The molecule has 1 atom stereocenters. The molecule has 1 amide bonds. The van der Waals surface area contributed by atoms with E-state index in [9.17, 15) is 9.18 Å². The summed E-state index contributed by atoms with van der Waals surface area (Å²) in [5.74, 6) is -0.359. The zero-order valence-electron chi connectivity index (χ0n) is 18.1. The van der Waals surface area contributed by atoms with Gasteiger partial charge in [-0.25, -0.2) is 9.07 Å². The van der Waals surface area contributed by atoms with E-state index in [2.05, 4.69) is 15.3 Å². The quantitative estimate of drug-likeness (QED) is 0.428. The zero-order valence-corrected chi connectivity index (χ0v) is 19.7. The fourth-order valence-corrected chi connectivity index (χ4v) is 5.38. The Morgan fingerprint density at radius 1 is 1.24 bits per heavy atom. The van der Waals surface area contributed by atoms with E-state index >= 15 is 0 Å². The van der Waals surface area contributed by atoms with Gasteiger partial charge in [0.15, 0.2) is 10.8 Å². The van der Waals surface area contributed by atoms with Crippen LogP contribution in [0.15, 0.2) is 48.5 Å². The lowest BCUT2D eigenvalue weighted by molar-refractivity contribution is -0.125. The monoisotopic (exact) mass is 483 g/mol. The average molecular weight is 484 g/mol. The zero-order chi connectivity index (χ0) is 22.9. The highest BCUT2D eigenvalue weighted by Crippen LogP contribution is 2.34. The molecule has 3 heterocycles. The molecule has 170 valence electrons. The molecule has 1 N–H and O–H groups in total. The second-order valence-electron chi connectivity index (χ2n) is 8.22. The molecule has 0 saturated carbocycles. The number of anilines is 1. The van der Waals surface area contributed by atoms with Crippen LogP contribution in [0.5, 0.6) is 0 Å². The molecule has 0 radical (unpaired) electrons. The molecular weight excluding hydrogens is 461 g/mol. The van der Waals surface area contributed by atoms with Crippen LogP contribution in [0, 0.1) is 18.7 Å².